The van der Waals surface area contributed by atoms with E-state index in [1.54, 1.807) is 0 Å². The fourth-order valence-electron chi connectivity index (χ4n) is 5.14. The van der Waals surface area contributed by atoms with E-state index < -0.39 is 58.9 Å². The number of hydrogen-bond acceptors (Lipinski definition) is 7. The molecular formula is C30H54O7Si5. The zero-order chi connectivity index (χ0) is 32.2. The molecule has 3 rings (SSSR count). The van der Waals surface area contributed by atoms with Gasteiger partial charge in [0.25, 0.3) is 11.6 Å². The Morgan fingerprint density at radius 2 is 1.02 bits per heavy atom. The minimum atomic E-state index is -2.59. The first-order valence-electron chi connectivity index (χ1n) is 14.8. The molecule has 2 aromatic carbocycles. The van der Waals surface area contributed by atoms with Gasteiger partial charge in [0.1, 0.15) is 11.5 Å². The summed E-state index contributed by atoms with van der Waals surface area (Å²) in [6.45, 7) is 31.3. The van der Waals surface area contributed by atoms with Crippen LogP contribution in [0.3, 0.4) is 0 Å². The molecule has 1 N–H and O–H groups in total. The van der Waals surface area contributed by atoms with Gasteiger partial charge in [0.2, 0.25) is 14.1 Å². The van der Waals surface area contributed by atoms with Crippen LogP contribution in [0, 0.1) is 0 Å². The smallest absolute Gasteiger partial charge is 0.288 e. The maximum atomic E-state index is 13.8. The molecule has 0 bridgehead atoms. The van der Waals surface area contributed by atoms with Crippen LogP contribution in [0.2, 0.25) is 98.2 Å². The van der Waals surface area contributed by atoms with Crippen LogP contribution in [0.25, 0.3) is 0 Å². The maximum Gasteiger partial charge on any atom is 0.288 e. The monoisotopic (exact) mass is 666 g/mol. The average molecular weight is 667 g/mol. The third-order valence-electron chi connectivity index (χ3n) is 5.84. The van der Waals surface area contributed by atoms with Crippen LogP contribution in [-0.4, -0.2) is 52.5 Å². The SMILES string of the molecule is C[Si](C)(C)Oc1cccc2c1C(O[Si](C)(C)C)(O[Si](C)(C)C)C(O)(O[Si](C)(C)C)C(O[Si](C)(C)C)(c1ccccc1)O2. The Kier molecular flexibility index (Phi) is 9.59. The van der Waals surface area contributed by atoms with Crippen LogP contribution in [0.4, 0.5) is 0 Å². The molecule has 1 aliphatic heterocycles. The van der Waals surface area contributed by atoms with Crippen LogP contribution in [0.15, 0.2) is 48.5 Å². The molecule has 2 unspecified atom stereocenters. The number of rotatable bonds is 11. The van der Waals surface area contributed by atoms with Gasteiger partial charge in [-0.1, -0.05) is 36.4 Å². The Morgan fingerprint density at radius 1 is 0.548 bits per heavy atom. The minimum absolute atomic E-state index is 0.480. The fourth-order valence-corrected chi connectivity index (χ4v) is 10.7. The second-order valence-electron chi connectivity index (χ2n) is 16.0. The molecule has 236 valence electrons. The third-order valence-corrected chi connectivity index (χ3v) is 10.3. The molecule has 0 saturated carbocycles. The van der Waals surface area contributed by atoms with E-state index in [4.69, 9.17) is 26.9 Å². The molecule has 0 aliphatic carbocycles. The Labute approximate surface area is 259 Å². The van der Waals surface area contributed by atoms with Crippen LogP contribution < -0.4 is 9.16 Å². The molecule has 0 radical (unpaired) electrons. The molecule has 42 heavy (non-hydrogen) atoms. The summed E-state index contributed by atoms with van der Waals surface area (Å²) < 4.78 is 42.5. The molecule has 1 heterocycles. The molecule has 0 fully saturated rings. The van der Waals surface area contributed by atoms with Gasteiger partial charge in [-0.25, -0.2) is 0 Å². The van der Waals surface area contributed by atoms with Crippen molar-refractivity contribution in [1.29, 1.82) is 0 Å². The van der Waals surface area contributed by atoms with Crippen molar-refractivity contribution in [3.63, 3.8) is 0 Å². The predicted molar refractivity (Wildman–Crippen MR) is 184 cm³/mol. The van der Waals surface area contributed by atoms with E-state index in [0.717, 1.165) is 0 Å². The van der Waals surface area contributed by atoms with Crippen molar-refractivity contribution in [2.24, 2.45) is 0 Å². The highest BCUT2D eigenvalue weighted by atomic mass is 28.4. The zero-order valence-electron chi connectivity index (χ0n) is 28.5. The first-order valence-corrected chi connectivity index (χ1v) is 31.9. The van der Waals surface area contributed by atoms with Gasteiger partial charge < -0.3 is 32.0 Å². The van der Waals surface area contributed by atoms with Crippen molar-refractivity contribution in [3.8, 4) is 11.5 Å². The first kappa shape index (κ1) is 35.4. The van der Waals surface area contributed by atoms with Gasteiger partial charge in [0.05, 0.1) is 5.56 Å². The minimum Gasteiger partial charge on any atom is -0.544 e. The van der Waals surface area contributed by atoms with Crippen molar-refractivity contribution in [2.45, 2.75) is 116 Å². The van der Waals surface area contributed by atoms with Gasteiger partial charge in [0.15, 0.2) is 33.3 Å². The number of ether oxygens (including phenoxy) is 1. The summed E-state index contributed by atoms with van der Waals surface area (Å²) in [4.78, 5) is 0. The van der Waals surface area contributed by atoms with Crippen molar-refractivity contribution in [1.82, 2.24) is 0 Å². The molecule has 12 heteroatoms. The zero-order valence-corrected chi connectivity index (χ0v) is 33.5. The van der Waals surface area contributed by atoms with Gasteiger partial charge in [0, 0.05) is 5.56 Å². The molecule has 2 aromatic rings. The Morgan fingerprint density at radius 3 is 1.45 bits per heavy atom. The highest BCUT2D eigenvalue weighted by Crippen LogP contribution is 2.62. The second kappa shape index (κ2) is 11.4. The molecule has 2 atom stereocenters. The molecule has 0 spiro atoms. The Hall–Kier alpha value is -1.08. The predicted octanol–water partition coefficient (Wildman–Crippen LogP) is 8.39. The lowest BCUT2D eigenvalue weighted by atomic mass is 9.82. The largest absolute Gasteiger partial charge is 0.544 e. The Balaban J connectivity index is 2.69. The fraction of sp³-hybridized carbons (Fsp3) is 0.600. The molecule has 0 amide bonds. The van der Waals surface area contributed by atoms with Gasteiger partial charge >= 0.3 is 0 Å². The summed E-state index contributed by atoms with van der Waals surface area (Å²) in [6.07, 6.45) is 0. The summed E-state index contributed by atoms with van der Waals surface area (Å²) in [5.41, 5.74) is 1.14. The van der Waals surface area contributed by atoms with Gasteiger partial charge in [-0.05, 0) is 110 Å². The number of hydrogen-bond donors (Lipinski definition) is 1. The van der Waals surface area contributed by atoms with Crippen LogP contribution in [0.5, 0.6) is 11.5 Å². The van der Waals surface area contributed by atoms with Crippen LogP contribution in [-0.2, 0) is 29.3 Å². The van der Waals surface area contributed by atoms with E-state index in [9.17, 15) is 5.11 Å². The molecule has 0 aromatic heterocycles. The van der Waals surface area contributed by atoms with E-state index in [1.165, 1.54) is 0 Å². The molecular weight excluding hydrogens is 613 g/mol. The molecule has 1 aliphatic rings. The summed E-state index contributed by atoms with van der Waals surface area (Å²) in [5, 5.41) is 13.8. The number of aliphatic hydroxyl groups is 1. The van der Waals surface area contributed by atoms with Crippen molar-refractivity contribution in [2.75, 3.05) is 0 Å². The number of benzene rings is 2. The summed E-state index contributed by atoms with van der Waals surface area (Å²) >= 11 is 0. The number of fused-ring (bicyclic) bond motifs is 1. The molecule has 0 saturated heterocycles. The first-order chi connectivity index (χ1) is 18.7. The third kappa shape index (κ3) is 7.76. The standard InChI is InChI=1S/C30H54O7Si5/c1-38(2,3)33-26-23-19-22-25-27(26)29(35-40(7,8)9,36-41(10,11)12)30(31,37-42(13,14)15)28(32-25,34-39(4,5)6)24-20-17-16-18-21-24/h16-23,31H,1-15H3. The van der Waals surface area contributed by atoms with E-state index in [0.29, 0.717) is 22.6 Å². The highest BCUT2D eigenvalue weighted by molar-refractivity contribution is 6.72. The van der Waals surface area contributed by atoms with Crippen molar-refractivity contribution >= 4 is 41.6 Å². The summed E-state index contributed by atoms with van der Waals surface area (Å²) in [5.74, 6) is -4.87. The van der Waals surface area contributed by atoms with Gasteiger partial charge in [-0.3, -0.25) is 0 Å². The van der Waals surface area contributed by atoms with Crippen molar-refractivity contribution < 1.29 is 32.0 Å². The van der Waals surface area contributed by atoms with Crippen molar-refractivity contribution in [3.05, 3.63) is 59.7 Å². The highest BCUT2D eigenvalue weighted by Gasteiger charge is 2.77. The van der Waals surface area contributed by atoms with Crippen LogP contribution in [0.1, 0.15) is 11.1 Å². The normalized spacial score (nSPS) is 23.2. The average Bonchev–Trinajstić information content (AvgIpc) is 2.72. The summed E-state index contributed by atoms with van der Waals surface area (Å²) in [7, 11) is -12.3. The van der Waals surface area contributed by atoms with E-state index >= 15 is 0 Å². The lowest BCUT2D eigenvalue weighted by molar-refractivity contribution is -0.444. The van der Waals surface area contributed by atoms with Gasteiger partial charge in [-0.15, -0.1) is 0 Å². The maximum absolute atomic E-state index is 13.8. The molecule has 7 nitrogen and oxygen atoms in total. The van der Waals surface area contributed by atoms with Gasteiger partial charge in [-0.2, -0.15) is 0 Å². The topological polar surface area (TPSA) is 75.6 Å². The lowest BCUT2D eigenvalue weighted by Crippen LogP contribution is -2.77. The second-order valence-corrected chi connectivity index (χ2v) is 38.2. The summed E-state index contributed by atoms with van der Waals surface area (Å²) in [6, 6.07) is 15.3. The van der Waals surface area contributed by atoms with E-state index in [1.807, 2.05) is 68.2 Å². The van der Waals surface area contributed by atoms with Crippen LogP contribution >= 0.6 is 0 Å². The Bertz CT molecular complexity index is 1220. The van der Waals surface area contributed by atoms with E-state index in [2.05, 4.69) is 78.6 Å². The quantitative estimate of drug-likeness (QED) is 0.191. The van der Waals surface area contributed by atoms with E-state index in [-0.39, 0.29) is 0 Å². The lowest BCUT2D eigenvalue weighted by Gasteiger charge is -2.62.